The highest BCUT2D eigenvalue weighted by Gasteiger charge is 2.09. The third-order valence-electron chi connectivity index (χ3n) is 2.38. The standard InChI is InChI=1S/C10H14N4S/c1-6-8(5-14(3)13-6)4-9-7(2)12-10(11)15-9/h5H,4H2,1-3H3,(H2,11,12). The second kappa shape index (κ2) is 3.66. The number of hydrogen-bond donors (Lipinski definition) is 1. The minimum atomic E-state index is 0.643. The van der Waals surface area contributed by atoms with Gasteiger partial charge >= 0.3 is 0 Å². The number of anilines is 1. The third-order valence-corrected chi connectivity index (χ3v) is 3.36. The van der Waals surface area contributed by atoms with Crippen molar-refractivity contribution in [1.29, 1.82) is 0 Å². The zero-order valence-electron chi connectivity index (χ0n) is 9.11. The first-order valence-electron chi connectivity index (χ1n) is 4.77. The van der Waals surface area contributed by atoms with Gasteiger partial charge in [0.1, 0.15) is 0 Å². The molecule has 5 heteroatoms. The fourth-order valence-electron chi connectivity index (χ4n) is 1.61. The van der Waals surface area contributed by atoms with E-state index >= 15 is 0 Å². The van der Waals surface area contributed by atoms with Gasteiger partial charge in [-0.15, -0.1) is 11.3 Å². The topological polar surface area (TPSA) is 56.7 Å². The van der Waals surface area contributed by atoms with Gasteiger partial charge in [-0.2, -0.15) is 5.10 Å². The second-order valence-electron chi connectivity index (χ2n) is 3.65. The van der Waals surface area contributed by atoms with Crippen molar-refractivity contribution in [2.75, 3.05) is 5.73 Å². The Bertz CT molecular complexity index is 439. The van der Waals surface area contributed by atoms with E-state index in [9.17, 15) is 0 Å². The Kier molecular flexibility index (Phi) is 2.48. The normalized spacial score (nSPS) is 10.9. The van der Waals surface area contributed by atoms with Crippen molar-refractivity contribution < 1.29 is 0 Å². The lowest BCUT2D eigenvalue weighted by Gasteiger charge is -1.95. The molecule has 15 heavy (non-hydrogen) atoms. The number of nitrogens with two attached hydrogens (primary N) is 1. The first-order chi connectivity index (χ1) is 7.06. The highest BCUT2D eigenvalue weighted by molar-refractivity contribution is 7.15. The number of aromatic nitrogens is 3. The third kappa shape index (κ3) is 2.02. The summed E-state index contributed by atoms with van der Waals surface area (Å²) in [5, 5.41) is 4.96. The van der Waals surface area contributed by atoms with Crippen LogP contribution in [-0.4, -0.2) is 14.8 Å². The zero-order chi connectivity index (χ0) is 11.0. The van der Waals surface area contributed by atoms with Crippen molar-refractivity contribution in [1.82, 2.24) is 14.8 Å². The Hall–Kier alpha value is -1.36. The summed E-state index contributed by atoms with van der Waals surface area (Å²) in [5.41, 5.74) is 9.00. The summed E-state index contributed by atoms with van der Waals surface area (Å²) in [4.78, 5) is 5.44. The molecule has 0 atom stereocenters. The summed E-state index contributed by atoms with van der Waals surface area (Å²) in [6.45, 7) is 4.02. The maximum absolute atomic E-state index is 5.66. The molecule has 0 saturated carbocycles. The lowest BCUT2D eigenvalue weighted by Crippen LogP contribution is -1.88. The number of aryl methyl sites for hydroxylation is 3. The number of rotatable bonds is 2. The van der Waals surface area contributed by atoms with Gasteiger partial charge in [0.05, 0.1) is 11.4 Å². The fraction of sp³-hybridized carbons (Fsp3) is 0.400. The number of nitrogens with zero attached hydrogens (tertiary/aromatic N) is 3. The molecule has 0 aliphatic carbocycles. The van der Waals surface area contributed by atoms with Crippen LogP contribution in [0.3, 0.4) is 0 Å². The van der Waals surface area contributed by atoms with Gasteiger partial charge in [0, 0.05) is 24.5 Å². The highest BCUT2D eigenvalue weighted by Crippen LogP contribution is 2.23. The van der Waals surface area contributed by atoms with Gasteiger partial charge in [0.2, 0.25) is 0 Å². The van der Waals surface area contributed by atoms with E-state index in [2.05, 4.69) is 10.1 Å². The van der Waals surface area contributed by atoms with Crippen molar-refractivity contribution >= 4 is 16.5 Å². The molecule has 0 aliphatic rings. The molecule has 2 rings (SSSR count). The van der Waals surface area contributed by atoms with E-state index in [1.54, 1.807) is 11.3 Å². The molecule has 0 aromatic carbocycles. The lowest BCUT2D eigenvalue weighted by molar-refractivity contribution is 0.756. The van der Waals surface area contributed by atoms with E-state index in [4.69, 9.17) is 5.73 Å². The molecular formula is C10H14N4S. The molecule has 0 radical (unpaired) electrons. The number of thiazole rings is 1. The van der Waals surface area contributed by atoms with E-state index in [1.165, 1.54) is 10.4 Å². The smallest absolute Gasteiger partial charge is 0.180 e. The summed E-state index contributed by atoms with van der Waals surface area (Å²) in [6.07, 6.45) is 2.92. The van der Waals surface area contributed by atoms with Crippen LogP contribution in [0, 0.1) is 13.8 Å². The van der Waals surface area contributed by atoms with Gasteiger partial charge in [-0.25, -0.2) is 4.98 Å². The summed E-state index contributed by atoms with van der Waals surface area (Å²) in [7, 11) is 1.93. The van der Waals surface area contributed by atoms with Crippen molar-refractivity contribution in [2.24, 2.45) is 7.05 Å². The zero-order valence-corrected chi connectivity index (χ0v) is 9.93. The van der Waals surface area contributed by atoms with Crippen LogP contribution >= 0.6 is 11.3 Å². The molecular weight excluding hydrogens is 208 g/mol. The molecule has 0 amide bonds. The molecule has 2 N–H and O–H groups in total. The predicted molar refractivity (Wildman–Crippen MR) is 62.0 cm³/mol. The first-order valence-corrected chi connectivity index (χ1v) is 5.59. The summed E-state index contributed by atoms with van der Waals surface area (Å²) < 4.78 is 1.84. The van der Waals surface area contributed by atoms with E-state index in [1.807, 2.05) is 31.8 Å². The minimum Gasteiger partial charge on any atom is -0.375 e. The SMILES string of the molecule is Cc1nn(C)cc1Cc1sc(N)nc1C. The summed E-state index contributed by atoms with van der Waals surface area (Å²) in [6, 6.07) is 0. The van der Waals surface area contributed by atoms with Gasteiger partial charge in [-0.1, -0.05) is 0 Å². The molecule has 80 valence electrons. The molecule has 0 aliphatic heterocycles. The molecule has 2 aromatic heterocycles. The van der Waals surface area contributed by atoms with E-state index in [0.29, 0.717) is 5.13 Å². The van der Waals surface area contributed by atoms with Crippen molar-refractivity contribution in [3.8, 4) is 0 Å². The van der Waals surface area contributed by atoms with Crippen LogP contribution in [-0.2, 0) is 13.5 Å². The predicted octanol–water partition coefficient (Wildman–Crippen LogP) is 1.67. The molecule has 2 heterocycles. The molecule has 0 saturated heterocycles. The monoisotopic (exact) mass is 222 g/mol. The summed E-state index contributed by atoms with van der Waals surface area (Å²) in [5.74, 6) is 0. The Balaban J connectivity index is 2.29. The maximum Gasteiger partial charge on any atom is 0.180 e. The quantitative estimate of drug-likeness (QED) is 0.840. The van der Waals surface area contributed by atoms with Gasteiger partial charge in [0.15, 0.2) is 5.13 Å². The maximum atomic E-state index is 5.66. The Labute approximate surface area is 92.8 Å². The molecule has 4 nitrogen and oxygen atoms in total. The lowest BCUT2D eigenvalue weighted by atomic mass is 10.1. The van der Waals surface area contributed by atoms with Crippen LogP contribution in [0.15, 0.2) is 6.20 Å². The van der Waals surface area contributed by atoms with Crippen LogP contribution in [0.4, 0.5) is 5.13 Å². The number of hydrogen-bond acceptors (Lipinski definition) is 4. The van der Waals surface area contributed by atoms with Crippen molar-refractivity contribution in [3.63, 3.8) is 0 Å². The van der Waals surface area contributed by atoms with Crippen LogP contribution < -0.4 is 5.73 Å². The Morgan fingerprint density at radius 3 is 2.60 bits per heavy atom. The molecule has 0 unspecified atom stereocenters. The molecule has 0 bridgehead atoms. The first kappa shape index (κ1) is 10.2. The Morgan fingerprint density at radius 2 is 2.13 bits per heavy atom. The van der Waals surface area contributed by atoms with E-state index in [0.717, 1.165) is 17.8 Å². The van der Waals surface area contributed by atoms with Crippen LogP contribution in [0.5, 0.6) is 0 Å². The fourth-order valence-corrected chi connectivity index (χ4v) is 2.47. The van der Waals surface area contributed by atoms with Gasteiger partial charge in [-0.3, -0.25) is 4.68 Å². The largest absolute Gasteiger partial charge is 0.375 e. The average Bonchev–Trinajstić information content (AvgIpc) is 2.58. The van der Waals surface area contributed by atoms with Crippen LogP contribution in [0.1, 0.15) is 21.8 Å². The van der Waals surface area contributed by atoms with Gasteiger partial charge in [0.25, 0.3) is 0 Å². The molecule has 0 fully saturated rings. The Morgan fingerprint density at radius 1 is 1.40 bits per heavy atom. The van der Waals surface area contributed by atoms with Gasteiger partial charge < -0.3 is 5.73 Å². The van der Waals surface area contributed by atoms with Crippen LogP contribution in [0.2, 0.25) is 0 Å². The second-order valence-corrected chi connectivity index (χ2v) is 4.77. The molecule has 0 spiro atoms. The van der Waals surface area contributed by atoms with Gasteiger partial charge in [-0.05, 0) is 19.4 Å². The van der Waals surface area contributed by atoms with E-state index in [-0.39, 0.29) is 0 Å². The number of nitrogen functional groups attached to an aromatic ring is 1. The van der Waals surface area contributed by atoms with Crippen LogP contribution in [0.25, 0.3) is 0 Å². The summed E-state index contributed by atoms with van der Waals surface area (Å²) >= 11 is 1.56. The van der Waals surface area contributed by atoms with Crippen molar-refractivity contribution in [2.45, 2.75) is 20.3 Å². The highest BCUT2D eigenvalue weighted by atomic mass is 32.1. The minimum absolute atomic E-state index is 0.643. The van der Waals surface area contributed by atoms with E-state index < -0.39 is 0 Å². The average molecular weight is 222 g/mol. The van der Waals surface area contributed by atoms with Crippen molar-refractivity contribution in [3.05, 3.63) is 28.0 Å². The molecule has 2 aromatic rings.